The van der Waals surface area contributed by atoms with Crippen LogP contribution in [0.15, 0.2) is 36.5 Å². The molecule has 0 saturated heterocycles. The van der Waals surface area contributed by atoms with Crippen LogP contribution in [0.2, 0.25) is 0 Å². The van der Waals surface area contributed by atoms with Gasteiger partial charge in [-0.25, -0.2) is 0 Å². The van der Waals surface area contributed by atoms with Crippen molar-refractivity contribution in [1.29, 1.82) is 0 Å². The fourth-order valence-corrected chi connectivity index (χ4v) is 4.92. The maximum atomic E-state index is 12.3. The maximum absolute atomic E-state index is 12.3. The van der Waals surface area contributed by atoms with Crippen LogP contribution >= 0.6 is 0 Å². The second-order valence-electron chi connectivity index (χ2n) is 11.6. The van der Waals surface area contributed by atoms with Gasteiger partial charge in [0.15, 0.2) is 0 Å². The molecule has 0 spiro atoms. The van der Waals surface area contributed by atoms with Crippen LogP contribution < -0.4 is 5.32 Å². The van der Waals surface area contributed by atoms with Crippen molar-refractivity contribution in [3.63, 3.8) is 0 Å². The molecule has 0 radical (unpaired) electrons. The predicted molar refractivity (Wildman–Crippen MR) is 175 cm³/mol. The van der Waals surface area contributed by atoms with Gasteiger partial charge in [-0.1, -0.05) is 159 Å². The molecule has 0 saturated carbocycles. The number of hydrogen-bond acceptors (Lipinski definition) is 3. The topological polar surface area (TPSA) is 69.6 Å². The Labute approximate surface area is 249 Å². The van der Waals surface area contributed by atoms with E-state index in [9.17, 15) is 15.0 Å². The Morgan fingerprint density at radius 1 is 0.575 bits per heavy atom. The lowest BCUT2D eigenvalue weighted by molar-refractivity contribution is -0.123. The fraction of sp³-hybridized carbons (Fsp3) is 0.806. The number of unbranched alkanes of at least 4 members (excludes halogenated alkanes) is 19. The number of hydrogen-bond donors (Lipinski definition) is 3. The molecule has 40 heavy (non-hydrogen) atoms. The molecule has 4 nitrogen and oxygen atoms in total. The minimum absolute atomic E-state index is 0.0802. The summed E-state index contributed by atoms with van der Waals surface area (Å²) in [5.74, 6) is -0.0802. The van der Waals surface area contributed by atoms with E-state index >= 15 is 0 Å². The molecule has 234 valence electrons. The van der Waals surface area contributed by atoms with E-state index in [1.54, 1.807) is 6.08 Å². The number of carbonyl (C=O) groups excluding carboxylic acids is 1. The molecule has 0 aliphatic carbocycles. The van der Waals surface area contributed by atoms with Gasteiger partial charge in [0.1, 0.15) is 0 Å². The number of aliphatic hydroxyl groups excluding tert-OH is 2. The van der Waals surface area contributed by atoms with Gasteiger partial charge in [0.2, 0.25) is 5.91 Å². The number of allylic oxidation sites excluding steroid dienone is 5. The van der Waals surface area contributed by atoms with Crippen molar-refractivity contribution in [3.8, 4) is 0 Å². The number of aliphatic hydroxyl groups is 2. The summed E-state index contributed by atoms with van der Waals surface area (Å²) >= 11 is 0. The summed E-state index contributed by atoms with van der Waals surface area (Å²) in [7, 11) is 0. The van der Waals surface area contributed by atoms with E-state index in [0.29, 0.717) is 6.42 Å². The highest BCUT2D eigenvalue weighted by atomic mass is 16.3. The molecular formula is C36H67NO3. The SMILES string of the molecule is CCC/C=C/CC/C=C/CC/C=C/C(O)C(CO)NC(=O)CCCCCCCCCCCCCCCCCCC. The first kappa shape index (κ1) is 38.6. The first-order valence-electron chi connectivity index (χ1n) is 17.2. The van der Waals surface area contributed by atoms with E-state index in [2.05, 4.69) is 43.5 Å². The van der Waals surface area contributed by atoms with Crippen molar-refractivity contribution in [2.45, 2.75) is 180 Å². The van der Waals surface area contributed by atoms with Crippen molar-refractivity contribution in [2.24, 2.45) is 0 Å². The smallest absolute Gasteiger partial charge is 0.220 e. The van der Waals surface area contributed by atoms with E-state index in [0.717, 1.165) is 44.9 Å². The first-order chi connectivity index (χ1) is 19.7. The molecule has 2 atom stereocenters. The summed E-state index contributed by atoms with van der Waals surface area (Å²) in [6, 6.07) is -0.639. The quantitative estimate of drug-likeness (QED) is 0.0603. The maximum Gasteiger partial charge on any atom is 0.220 e. The number of carbonyl (C=O) groups is 1. The van der Waals surface area contributed by atoms with E-state index < -0.39 is 12.1 Å². The summed E-state index contributed by atoms with van der Waals surface area (Å²) in [6.07, 6.45) is 40.8. The van der Waals surface area contributed by atoms with Gasteiger partial charge in [0.25, 0.3) is 0 Å². The molecule has 4 heteroatoms. The third kappa shape index (κ3) is 28.1. The average molecular weight is 562 g/mol. The molecule has 1 amide bonds. The van der Waals surface area contributed by atoms with E-state index in [1.165, 1.54) is 103 Å². The van der Waals surface area contributed by atoms with Gasteiger partial charge in [-0.05, 0) is 38.5 Å². The Morgan fingerprint density at radius 2 is 0.975 bits per heavy atom. The minimum atomic E-state index is -0.864. The van der Waals surface area contributed by atoms with E-state index in [4.69, 9.17) is 0 Å². The van der Waals surface area contributed by atoms with E-state index in [1.807, 2.05) is 6.08 Å². The molecule has 0 aromatic carbocycles. The van der Waals surface area contributed by atoms with Crippen molar-refractivity contribution < 1.29 is 15.0 Å². The standard InChI is InChI=1S/C36H67NO3/c1-3-5-7-9-11-13-15-16-17-18-19-20-22-24-26-28-30-32-36(40)37-34(33-38)35(39)31-29-27-25-23-21-14-12-10-8-6-4-2/h8,10,21,23,29,31,34-35,38-39H,3-7,9,11-20,22,24-28,30,32-33H2,1-2H3,(H,37,40)/b10-8+,23-21+,31-29+. The Morgan fingerprint density at radius 3 is 1.40 bits per heavy atom. The van der Waals surface area contributed by atoms with Crippen molar-refractivity contribution in [2.75, 3.05) is 6.61 Å². The molecule has 0 aliphatic heterocycles. The third-order valence-electron chi connectivity index (χ3n) is 7.58. The van der Waals surface area contributed by atoms with Gasteiger partial charge < -0.3 is 15.5 Å². The molecule has 0 rings (SSSR count). The Kier molecular flexibility index (Phi) is 31.0. The molecular weight excluding hydrogens is 494 g/mol. The zero-order valence-corrected chi connectivity index (χ0v) is 26.6. The predicted octanol–water partition coefficient (Wildman–Crippen LogP) is 9.90. The van der Waals surface area contributed by atoms with Gasteiger partial charge >= 0.3 is 0 Å². The molecule has 0 fully saturated rings. The molecule has 2 unspecified atom stereocenters. The zero-order chi connectivity index (χ0) is 29.4. The second kappa shape index (κ2) is 32.1. The highest BCUT2D eigenvalue weighted by Gasteiger charge is 2.17. The van der Waals surface area contributed by atoms with Crippen LogP contribution in [-0.2, 0) is 4.79 Å². The van der Waals surface area contributed by atoms with Crippen molar-refractivity contribution in [1.82, 2.24) is 5.32 Å². The Bertz CT molecular complexity index is 613. The van der Waals surface area contributed by atoms with Crippen LogP contribution in [0.25, 0.3) is 0 Å². The number of rotatable bonds is 30. The van der Waals surface area contributed by atoms with Crippen molar-refractivity contribution in [3.05, 3.63) is 36.5 Å². The lowest BCUT2D eigenvalue weighted by Gasteiger charge is -2.19. The molecule has 0 aromatic rings. The Balaban J connectivity index is 3.64. The average Bonchev–Trinajstić information content (AvgIpc) is 2.96. The van der Waals surface area contributed by atoms with E-state index in [-0.39, 0.29) is 12.5 Å². The molecule has 0 bridgehead atoms. The first-order valence-corrected chi connectivity index (χ1v) is 17.2. The molecule has 0 aromatic heterocycles. The van der Waals surface area contributed by atoms with Crippen LogP contribution in [0.5, 0.6) is 0 Å². The van der Waals surface area contributed by atoms with Crippen LogP contribution in [-0.4, -0.2) is 34.9 Å². The van der Waals surface area contributed by atoms with Crippen LogP contribution in [0.4, 0.5) is 0 Å². The molecule has 0 aliphatic rings. The van der Waals surface area contributed by atoms with Gasteiger partial charge in [-0.2, -0.15) is 0 Å². The number of amides is 1. The largest absolute Gasteiger partial charge is 0.394 e. The minimum Gasteiger partial charge on any atom is -0.394 e. The van der Waals surface area contributed by atoms with Crippen LogP contribution in [0.1, 0.15) is 168 Å². The van der Waals surface area contributed by atoms with Crippen molar-refractivity contribution >= 4 is 5.91 Å². The van der Waals surface area contributed by atoms with Crippen LogP contribution in [0.3, 0.4) is 0 Å². The normalized spacial score (nSPS) is 13.6. The van der Waals surface area contributed by atoms with Gasteiger partial charge in [-0.3, -0.25) is 4.79 Å². The highest BCUT2D eigenvalue weighted by Crippen LogP contribution is 2.14. The molecule has 0 heterocycles. The summed E-state index contributed by atoms with van der Waals surface area (Å²) in [5.41, 5.74) is 0. The summed E-state index contributed by atoms with van der Waals surface area (Å²) in [6.45, 7) is 4.20. The number of nitrogens with one attached hydrogen (secondary N) is 1. The monoisotopic (exact) mass is 562 g/mol. The zero-order valence-electron chi connectivity index (χ0n) is 26.6. The highest BCUT2D eigenvalue weighted by molar-refractivity contribution is 5.76. The fourth-order valence-electron chi connectivity index (χ4n) is 4.92. The lowest BCUT2D eigenvalue weighted by atomic mass is 10.0. The Hall–Kier alpha value is -1.39. The van der Waals surface area contributed by atoms with Gasteiger partial charge in [0, 0.05) is 6.42 Å². The van der Waals surface area contributed by atoms with Gasteiger partial charge in [0.05, 0.1) is 18.8 Å². The molecule has 3 N–H and O–H groups in total. The second-order valence-corrected chi connectivity index (χ2v) is 11.6. The van der Waals surface area contributed by atoms with Gasteiger partial charge in [-0.15, -0.1) is 0 Å². The summed E-state index contributed by atoms with van der Waals surface area (Å²) < 4.78 is 0. The third-order valence-corrected chi connectivity index (χ3v) is 7.58. The summed E-state index contributed by atoms with van der Waals surface area (Å²) in [4.78, 5) is 12.3. The summed E-state index contributed by atoms with van der Waals surface area (Å²) in [5, 5.41) is 22.8. The lowest BCUT2D eigenvalue weighted by Crippen LogP contribution is -2.45. The van der Waals surface area contributed by atoms with Crippen LogP contribution in [0, 0.1) is 0 Å².